The predicted molar refractivity (Wildman–Crippen MR) is 76.0 cm³/mol. The quantitative estimate of drug-likeness (QED) is 0.519. The lowest BCUT2D eigenvalue weighted by molar-refractivity contribution is -0.175. The van der Waals surface area contributed by atoms with Gasteiger partial charge in [-0.3, -0.25) is 19.2 Å². The lowest BCUT2D eigenvalue weighted by Crippen LogP contribution is -2.40. The Balaban J connectivity index is 2.88. The van der Waals surface area contributed by atoms with E-state index in [1.807, 2.05) is 0 Å². The summed E-state index contributed by atoms with van der Waals surface area (Å²) in [5.74, 6) is -2.29. The number of carbonyl (C=O) groups is 4. The van der Waals surface area contributed by atoms with Crippen LogP contribution in [0.2, 0.25) is 0 Å². The highest BCUT2D eigenvalue weighted by Crippen LogP contribution is 2.36. The van der Waals surface area contributed by atoms with Crippen LogP contribution in [-0.4, -0.2) is 48.8 Å². The molecule has 0 aromatic rings. The van der Waals surface area contributed by atoms with Gasteiger partial charge in [-0.25, -0.2) is 0 Å². The van der Waals surface area contributed by atoms with Gasteiger partial charge in [0.1, 0.15) is 12.2 Å². The highest BCUT2D eigenvalue weighted by atomic mass is 16.6. The summed E-state index contributed by atoms with van der Waals surface area (Å²) in [7, 11) is 0. The molecule has 1 aliphatic carbocycles. The summed E-state index contributed by atoms with van der Waals surface area (Å²) >= 11 is 0. The lowest BCUT2D eigenvalue weighted by atomic mass is 10.0. The second-order valence-corrected chi connectivity index (χ2v) is 5.42. The highest BCUT2D eigenvalue weighted by molar-refractivity contribution is 5.68. The van der Waals surface area contributed by atoms with Crippen LogP contribution in [0.3, 0.4) is 0 Å². The molecule has 1 rings (SSSR count). The maximum absolute atomic E-state index is 11.3. The predicted octanol–water partition coefficient (Wildman–Crippen LogP) is 0.755. The molecule has 8 nitrogen and oxygen atoms in total. The van der Waals surface area contributed by atoms with Crippen molar-refractivity contribution in [1.29, 1.82) is 0 Å². The van der Waals surface area contributed by atoms with Crippen LogP contribution in [0.25, 0.3) is 0 Å². The fourth-order valence-electron chi connectivity index (χ4n) is 2.70. The van der Waals surface area contributed by atoms with E-state index >= 15 is 0 Å². The van der Waals surface area contributed by atoms with Gasteiger partial charge in [0.05, 0.1) is 6.61 Å². The van der Waals surface area contributed by atoms with Crippen LogP contribution in [0.1, 0.15) is 40.5 Å². The largest absolute Gasteiger partial charge is 0.466 e. The van der Waals surface area contributed by atoms with Gasteiger partial charge < -0.3 is 18.9 Å². The summed E-state index contributed by atoms with van der Waals surface area (Å²) in [5, 5.41) is 0. The van der Waals surface area contributed by atoms with E-state index in [2.05, 4.69) is 0 Å². The topological polar surface area (TPSA) is 105 Å². The Labute approximate surface area is 134 Å². The van der Waals surface area contributed by atoms with Gasteiger partial charge in [-0.15, -0.1) is 0 Å². The fraction of sp³-hybridized carbons (Fsp3) is 0.733. The molecule has 0 radical (unpaired) electrons. The summed E-state index contributed by atoms with van der Waals surface area (Å²) in [4.78, 5) is 44.7. The van der Waals surface area contributed by atoms with Crippen molar-refractivity contribution in [2.45, 2.75) is 58.8 Å². The van der Waals surface area contributed by atoms with E-state index in [4.69, 9.17) is 18.9 Å². The van der Waals surface area contributed by atoms with E-state index in [1.165, 1.54) is 27.7 Å². The molecule has 0 spiro atoms. The Hall–Kier alpha value is -2.12. The molecule has 0 heterocycles. The van der Waals surface area contributed by atoms with Crippen LogP contribution in [0, 0.1) is 5.92 Å². The molecular weight excluding hydrogens is 308 g/mol. The van der Waals surface area contributed by atoms with Gasteiger partial charge >= 0.3 is 23.9 Å². The lowest BCUT2D eigenvalue weighted by Gasteiger charge is -2.25. The Kier molecular flexibility index (Phi) is 6.99. The summed E-state index contributed by atoms with van der Waals surface area (Å²) in [6.07, 6.45) is -1.59. The molecule has 0 saturated heterocycles. The zero-order chi connectivity index (χ0) is 17.6. The fourth-order valence-corrected chi connectivity index (χ4v) is 2.70. The van der Waals surface area contributed by atoms with Crippen LogP contribution in [0.4, 0.5) is 0 Å². The van der Waals surface area contributed by atoms with Crippen molar-refractivity contribution in [3.8, 4) is 0 Å². The maximum atomic E-state index is 11.3. The molecule has 1 fully saturated rings. The van der Waals surface area contributed by atoms with Crippen molar-refractivity contribution >= 4 is 23.9 Å². The van der Waals surface area contributed by atoms with Gasteiger partial charge in [-0.2, -0.15) is 0 Å². The maximum Gasteiger partial charge on any atom is 0.303 e. The first-order valence-corrected chi connectivity index (χ1v) is 7.35. The van der Waals surface area contributed by atoms with E-state index in [0.717, 1.165) is 0 Å². The third-order valence-corrected chi connectivity index (χ3v) is 3.41. The SMILES string of the molecule is CC(=O)OCC[C@H]1C[C@@H](OC(C)=O)[C@@H](OC(C)=O)[C@H]1OC(C)=O. The average molecular weight is 330 g/mol. The van der Waals surface area contributed by atoms with Crippen LogP contribution < -0.4 is 0 Å². The number of hydrogen-bond donors (Lipinski definition) is 0. The Morgan fingerprint density at radius 3 is 1.78 bits per heavy atom. The Morgan fingerprint density at radius 2 is 1.30 bits per heavy atom. The van der Waals surface area contributed by atoms with E-state index in [9.17, 15) is 19.2 Å². The van der Waals surface area contributed by atoms with Crippen LogP contribution >= 0.6 is 0 Å². The zero-order valence-corrected chi connectivity index (χ0v) is 13.7. The van der Waals surface area contributed by atoms with Gasteiger partial charge in [0, 0.05) is 33.6 Å². The van der Waals surface area contributed by atoms with Crippen molar-refractivity contribution < 1.29 is 38.1 Å². The van der Waals surface area contributed by atoms with Gasteiger partial charge in [-0.05, 0) is 12.8 Å². The zero-order valence-electron chi connectivity index (χ0n) is 13.7. The minimum absolute atomic E-state index is 0.136. The monoisotopic (exact) mass is 330 g/mol. The molecule has 0 N–H and O–H groups in total. The van der Waals surface area contributed by atoms with Crippen molar-refractivity contribution in [2.75, 3.05) is 6.61 Å². The highest BCUT2D eigenvalue weighted by Gasteiger charge is 2.49. The van der Waals surface area contributed by atoms with E-state index < -0.39 is 42.2 Å². The molecule has 23 heavy (non-hydrogen) atoms. The molecule has 1 saturated carbocycles. The molecule has 0 bridgehead atoms. The summed E-state index contributed by atoms with van der Waals surface area (Å²) in [6, 6.07) is 0. The molecule has 0 aliphatic heterocycles. The van der Waals surface area contributed by atoms with Gasteiger partial charge in [0.15, 0.2) is 6.10 Å². The summed E-state index contributed by atoms with van der Waals surface area (Å²) < 4.78 is 20.5. The van der Waals surface area contributed by atoms with Crippen LogP contribution in [-0.2, 0) is 38.1 Å². The summed E-state index contributed by atoms with van der Waals surface area (Å²) in [6.45, 7) is 5.14. The van der Waals surface area contributed by atoms with Crippen LogP contribution in [0.5, 0.6) is 0 Å². The number of esters is 4. The number of ether oxygens (including phenoxy) is 4. The van der Waals surface area contributed by atoms with E-state index in [1.54, 1.807) is 0 Å². The second-order valence-electron chi connectivity index (χ2n) is 5.42. The number of rotatable bonds is 6. The minimum atomic E-state index is -0.873. The molecule has 0 amide bonds. The van der Waals surface area contributed by atoms with Crippen LogP contribution in [0.15, 0.2) is 0 Å². The number of hydrogen-bond acceptors (Lipinski definition) is 8. The standard InChI is InChI=1S/C15H22O8/c1-8(16)20-6-5-12-7-13(21-9(2)17)15(23-11(4)19)14(12)22-10(3)18/h12-15H,5-7H2,1-4H3/t12-,13+,14-,15+/m0/s1. The molecule has 0 unspecified atom stereocenters. The Morgan fingerprint density at radius 1 is 0.783 bits per heavy atom. The van der Waals surface area contributed by atoms with Gasteiger partial charge in [0.25, 0.3) is 0 Å². The molecule has 4 atom stereocenters. The minimum Gasteiger partial charge on any atom is -0.466 e. The van der Waals surface area contributed by atoms with Gasteiger partial charge in [0.2, 0.25) is 0 Å². The molecule has 0 aromatic carbocycles. The summed E-state index contributed by atoms with van der Waals surface area (Å²) in [5.41, 5.74) is 0. The normalized spacial score (nSPS) is 26.3. The molecule has 8 heteroatoms. The Bertz CT molecular complexity index is 472. The number of carbonyl (C=O) groups excluding carboxylic acids is 4. The van der Waals surface area contributed by atoms with Crippen molar-refractivity contribution in [1.82, 2.24) is 0 Å². The van der Waals surface area contributed by atoms with Gasteiger partial charge in [-0.1, -0.05) is 0 Å². The molecule has 0 aromatic heterocycles. The first-order chi connectivity index (χ1) is 10.7. The first kappa shape index (κ1) is 18.9. The third kappa shape index (κ3) is 6.25. The molecular formula is C15H22O8. The average Bonchev–Trinajstić information content (AvgIpc) is 2.66. The smallest absolute Gasteiger partial charge is 0.303 e. The van der Waals surface area contributed by atoms with Crippen molar-refractivity contribution in [3.63, 3.8) is 0 Å². The second kappa shape index (κ2) is 8.50. The van der Waals surface area contributed by atoms with E-state index in [-0.39, 0.29) is 12.5 Å². The first-order valence-electron chi connectivity index (χ1n) is 7.35. The van der Waals surface area contributed by atoms with E-state index in [0.29, 0.717) is 12.8 Å². The van der Waals surface area contributed by atoms with Crippen molar-refractivity contribution in [2.24, 2.45) is 5.92 Å². The molecule has 1 aliphatic rings. The van der Waals surface area contributed by atoms with Crippen molar-refractivity contribution in [3.05, 3.63) is 0 Å². The third-order valence-electron chi connectivity index (χ3n) is 3.41. The molecule has 130 valence electrons.